The molecule has 3 rings (SSSR count). The highest BCUT2D eigenvalue weighted by Crippen LogP contribution is 2.30. The van der Waals surface area contributed by atoms with Gasteiger partial charge in [-0.2, -0.15) is 0 Å². The summed E-state index contributed by atoms with van der Waals surface area (Å²) in [7, 11) is -1.67. The van der Waals surface area contributed by atoms with Crippen LogP contribution in [0.25, 0.3) is 0 Å². The minimum Gasteiger partial charge on any atom is -0.426 e. The molecule has 2 heterocycles. The number of nitrogens with one attached hydrogen (secondary N) is 2. The Morgan fingerprint density at radius 3 is 2.32 bits per heavy atom. The summed E-state index contributed by atoms with van der Waals surface area (Å²) < 4.78 is 5.03. The summed E-state index contributed by atoms with van der Waals surface area (Å²) in [6.07, 6.45) is 3.93. The van der Waals surface area contributed by atoms with Crippen LogP contribution in [0.2, 0.25) is 0 Å². The van der Waals surface area contributed by atoms with Crippen LogP contribution in [0.3, 0.4) is 0 Å². The Morgan fingerprint density at radius 1 is 1.03 bits per heavy atom. The third-order valence-corrected chi connectivity index (χ3v) is 7.74. The molecule has 38 heavy (non-hydrogen) atoms. The molecule has 0 spiro atoms. The largest absolute Gasteiger partial charge is 0.475 e. The van der Waals surface area contributed by atoms with Crippen molar-refractivity contribution in [1.82, 2.24) is 20.4 Å². The number of nitrogens with zero attached hydrogens (tertiary/aromatic N) is 2. The predicted molar refractivity (Wildman–Crippen MR) is 138 cm³/mol. The zero-order valence-corrected chi connectivity index (χ0v) is 22.3. The van der Waals surface area contributed by atoms with Crippen molar-refractivity contribution in [2.24, 2.45) is 5.92 Å². The molecule has 13 heteroatoms. The number of ether oxygens (including phenoxy) is 1. The summed E-state index contributed by atoms with van der Waals surface area (Å²) in [6.45, 7) is 7.08. The molecule has 0 aromatic rings. The van der Waals surface area contributed by atoms with E-state index in [4.69, 9.17) is 4.74 Å². The SMILES string of the molecule is C=C(C)OC(=O)NC(C(=O)N1CC(O)CC1C(=O)NC(CC)C(=O)N1CCCC1B(O)O)C1CCCCC1. The quantitative estimate of drug-likeness (QED) is 0.204. The Hall–Kier alpha value is -2.64. The van der Waals surface area contributed by atoms with Gasteiger partial charge in [-0.25, -0.2) is 4.79 Å². The van der Waals surface area contributed by atoms with Crippen LogP contribution in [0.5, 0.6) is 0 Å². The third kappa shape index (κ3) is 7.26. The van der Waals surface area contributed by atoms with Gasteiger partial charge in [-0.3, -0.25) is 14.4 Å². The van der Waals surface area contributed by atoms with E-state index in [1.807, 2.05) is 0 Å². The highest BCUT2D eigenvalue weighted by atomic mass is 16.6. The number of allylic oxidation sites excluding steroid dienone is 1. The predicted octanol–water partition coefficient (Wildman–Crippen LogP) is 0.0547. The minimum absolute atomic E-state index is 0.00249. The molecule has 0 aromatic heterocycles. The lowest BCUT2D eigenvalue weighted by atomic mass is 9.77. The second kappa shape index (κ2) is 13.4. The maximum Gasteiger partial charge on any atom is 0.475 e. The Bertz CT molecular complexity index is 897. The molecule has 5 unspecified atom stereocenters. The number of aliphatic hydroxyl groups excluding tert-OH is 1. The van der Waals surface area contributed by atoms with Crippen LogP contribution in [0, 0.1) is 5.92 Å². The van der Waals surface area contributed by atoms with Gasteiger partial charge in [0, 0.05) is 19.5 Å². The Balaban J connectivity index is 1.75. The van der Waals surface area contributed by atoms with Crippen molar-refractivity contribution in [3.63, 3.8) is 0 Å². The number of carbonyl (C=O) groups excluding carboxylic acids is 4. The van der Waals surface area contributed by atoms with Gasteiger partial charge in [-0.15, -0.1) is 0 Å². The normalized spacial score (nSPS) is 25.4. The zero-order valence-electron chi connectivity index (χ0n) is 22.3. The lowest BCUT2D eigenvalue weighted by Crippen LogP contribution is -2.58. The lowest BCUT2D eigenvalue weighted by Gasteiger charge is -2.35. The summed E-state index contributed by atoms with van der Waals surface area (Å²) in [6, 6.07) is -2.88. The van der Waals surface area contributed by atoms with Gasteiger partial charge in [0.25, 0.3) is 0 Å². The van der Waals surface area contributed by atoms with Crippen molar-refractivity contribution in [3.8, 4) is 0 Å². The first-order chi connectivity index (χ1) is 18.0. The van der Waals surface area contributed by atoms with E-state index in [1.54, 1.807) is 6.92 Å². The first kappa shape index (κ1) is 29.9. The van der Waals surface area contributed by atoms with E-state index in [2.05, 4.69) is 17.2 Å². The molecule has 0 radical (unpaired) electrons. The highest BCUT2D eigenvalue weighted by molar-refractivity contribution is 6.43. The second-order valence-electron chi connectivity index (χ2n) is 10.6. The van der Waals surface area contributed by atoms with Crippen LogP contribution in [-0.2, 0) is 19.1 Å². The second-order valence-corrected chi connectivity index (χ2v) is 10.6. The van der Waals surface area contributed by atoms with E-state index >= 15 is 0 Å². The fourth-order valence-electron chi connectivity index (χ4n) is 5.83. The first-order valence-electron chi connectivity index (χ1n) is 13.6. The number of carbonyl (C=O) groups is 4. The number of rotatable bonds is 9. The fourth-order valence-corrected chi connectivity index (χ4v) is 5.83. The van der Waals surface area contributed by atoms with E-state index < -0.39 is 61.1 Å². The van der Waals surface area contributed by atoms with Crippen molar-refractivity contribution >= 4 is 30.9 Å². The van der Waals surface area contributed by atoms with E-state index in [1.165, 1.54) is 16.7 Å². The molecular formula is C25H41BN4O8. The Morgan fingerprint density at radius 2 is 1.71 bits per heavy atom. The smallest absolute Gasteiger partial charge is 0.426 e. The molecule has 1 saturated carbocycles. The van der Waals surface area contributed by atoms with Crippen molar-refractivity contribution < 1.29 is 39.1 Å². The van der Waals surface area contributed by atoms with Gasteiger partial charge in [0.15, 0.2) is 0 Å². The molecule has 3 fully saturated rings. The molecule has 212 valence electrons. The zero-order chi connectivity index (χ0) is 28.0. The van der Waals surface area contributed by atoms with Gasteiger partial charge < -0.3 is 40.3 Å². The summed E-state index contributed by atoms with van der Waals surface area (Å²) in [5.41, 5.74) is 0. The third-order valence-electron chi connectivity index (χ3n) is 7.74. The lowest BCUT2D eigenvalue weighted by molar-refractivity contribution is -0.143. The molecule has 5 N–H and O–H groups in total. The average Bonchev–Trinajstić information content (AvgIpc) is 3.52. The van der Waals surface area contributed by atoms with Crippen LogP contribution >= 0.6 is 0 Å². The molecular weight excluding hydrogens is 495 g/mol. The van der Waals surface area contributed by atoms with Crippen LogP contribution in [0.15, 0.2) is 12.3 Å². The number of hydrogen-bond acceptors (Lipinski definition) is 8. The van der Waals surface area contributed by atoms with E-state index in [-0.39, 0.29) is 31.1 Å². The minimum atomic E-state index is -1.67. The maximum atomic E-state index is 13.8. The molecule has 0 aromatic carbocycles. The van der Waals surface area contributed by atoms with E-state index in [0.717, 1.165) is 32.1 Å². The number of amides is 4. The number of likely N-dealkylation sites (tertiary alicyclic amines) is 2. The summed E-state index contributed by atoms with van der Waals surface area (Å²) in [4.78, 5) is 55.3. The van der Waals surface area contributed by atoms with Gasteiger partial charge in [0.2, 0.25) is 17.7 Å². The Kier molecular flexibility index (Phi) is 10.6. The molecule has 12 nitrogen and oxygen atoms in total. The van der Waals surface area contributed by atoms with Gasteiger partial charge in [0.1, 0.15) is 18.1 Å². The maximum absolute atomic E-state index is 13.8. The standard InChI is InChI=1S/C25H41BN4O8/c1-4-18(23(33)29-12-8-11-20(29)26(36)37)27-22(32)19-13-17(31)14-30(19)24(34)21(16-9-6-5-7-10-16)28-25(35)38-15(2)3/h16-21,31,36-37H,2,4-14H2,1,3H3,(H,27,32)(H,28,35). The van der Waals surface area contributed by atoms with E-state index in [0.29, 0.717) is 19.4 Å². The highest BCUT2D eigenvalue weighted by Gasteiger charge is 2.45. The van der Waals surface area contributed by atoms with Crippen molar-refractivity contribution in [2.45, 2.75) is 102 Å². The molecule has 0 bridgehead atoms. The van der Waals surface area contributed by atoms with E-state index in [9.17, 15) is 34.3 Å². The molecule has 1 aliphatic carbocycles. The molecule has 5 atom stereocenters. The van der Waals surface area contributed by atoms with Crippen molar-refractivity contribution in [1.29, 1.82) is 0 Å². The molecule has 4 amide bonds. The average molecular weight is 536 g/mol. The summed E-state index contributed by atoms with van der Waals surface area (Å²) >= 11 is 0. The van der Waals surface area contributed by atoms with Crippen molar-refractivity contribution in [3.05, 3.63) is 12.3 Å². The van der Waals surface area contributed by atoms with Gasteiger partial charge in [-0.05, 0) is 44.9 Å². The van der Waals surface area contributed by atoms with Gasteiger partial charge >= 0.3 is 13.2 Å². The van der Waals surface area contributed by atoms with Crippen molar-refractivity contribution in [2.75, 3.05) is 13.1 Å². The van der Waals surface area contributed by atoms with Gasteiger partial charge in [-0.1, -0.05) is 32.8 Å². The Labute approximate surface area is 223 Å². The summed E-state index contributed by atoms with van der Waals surface area (Å²) in [5.74, 6) is -2.18. The first-order valence-corrected chi connectivity index (χ1v) is 13.6. The summed E-state index contributed by atoms with van der Waals surface area (Å²) in [5, 5.41) is 35.0. The molecule has 3 aliphatic rings. The van der Waals surface area contributed by atoms with Crippen LogP contribution in [0.1, 0.15) is 71.6 Å². The van der Waals surface area contributed by atoms with Crippen LogP contribution < -0.4 is 10.6 Å². The number of alkyl carbamates (subject to hydrolysis) is 1. The van der Waals surface area contributed by atoms with Crippen LogP contribution in [0.4, 0.5) is 4.79 Å². The van der Waals surface area contributed by atoms with Gasteiger partial charge in [0.05, 0.1) is 17.8 Å². The molecule has 2 saturated heterocycles. The van der Waals surface area contributed by atoms with Crippen LogP contribution in [-0.4, -0.2) is 99.1 Å². The number of β-amino-alcohol motifs (C(OH)–C–C–N with tert-alkyl or cyclic N) is 1. The fraction of sp³-hybridized carbons (Fsp3) is 0.760. The topological polar surface area (TPSA) is 169 Å². The molecule has 2 aliphatic heterocycles. The monoisotopic (exact) mass is 536 g/mol. The number of hydrogen-bond donors (Lipinski definition) is 5. The number of aliphatic hydroxyl groups is 1.